The van der Waals surface area contributed by atoms with Crippen molar-refractivity contribution in [2.45, 2.75) is 0 Å². The fourth-order valence-electron chi connectivity index (χ4n) is 8.12. The molecular formula is C53H33N3O. The summed E-state index contributed by atoms with van der Waals surface area (Å²) in [5.74, 6) is 1.81. The third kappa shape index (κ3) is 5.74. The van der Waals surface area contributed by atoms with E-state index in [1.165, 1.54) is 21.5 Å². The molecule has 2 aromatic heterocycles. The lowest BCUT2D eigenvalue weighted by Gasteiger charge is -2.12. The average Bonchev–Trinajstić information content (AvgIpc) is 3.69. The molecule has 0 fully saturated rings. The van der Waals surface area contributed by atoms with Crippen molar-refractivity contribution < 1.29 is 4.42 Å². The second kappa shape index (κ2) is 13.6. The molecule has 0 bridgehead atoms. The Bertz CT molecular complexity index is 3210. The fourth-order valence-corrected chi connectivity index (χ4v) is 8.12. The highest BCUT2D eigenvalue weighted by molar-refractivity contribution is 6.20. The first-order valence-corrected chi connectivity index (χ1v) is 19.2. The highest BCUT2D eigenvalue weighted by atomic mass is 16.3. The molecule has 11 rings (SSSR count). The third-order valence-corrected chi connectivity index (χ3v) is 10.9. The van der Waals surface area contributed by atoms with E-state index in [4.69, 9.17) is 19.4 Å². The molecule has 4 heteroatoms. The lowest BCUT2D eigenvalue weighted by Crippen LogP contribution is -2.00. The zero-order valence-electron chi connectivity index (χ0n) is 30.8. The molecule has 2 heterocycles. The lowest BCUT2D eigenvalue weighted by atomic mass is 9.92. The summed E-state index contributed by atoms with van der Waals surface area (Å²) in [6.45, 7) is 0. The van der Waals surface area contributed by atoms with E-state index in [1.807, 2.05) is 60.7 Å². The highest BCUT2D eigenvalue weighted by Gasteiger charge is 2.23. The maximum absolute atomic E-state index is 7.23. The minimum absolute atomic E-state index is 0.581. The molecule has 0 aliphatic heterocycles. The molecule has 11 aromatic rings. The van der Waals surface area contributed by atoms with Crippen molar-refractivity contribution >= 4 is 43.5 Å². The van der Waals surface area contributed by atoms with Crippen LogP contribution in [0.5, 0.6) is 0 Å². The molecular weight excluding hydrogens is 695 g/mol. The van der Waals surface area contributed by atoms with Gasteiger partial charge >= 0.3 is 0 Å². The smallest absolute Gasteiger partial charge is 0.164 e. The fraction of sp³-hybridized carbons (Fsp3) is 0. The lowest BCUT2D eigenvalue weighted by molar-refractivity contribution is 0.671. The number of hydrogen-bond donors (Lipinski definition) is 0. The molecule has 0 saturated carbocycles. The third-order valence-electron chi connectivity index (χ3n) is 10.9. The highest BCUT2D eigenvalue weighted by Crippen LogP contribution is 2.46. The molecule has 9 aromatic carbocycles. The van der Waals surface area contributed by atoms with E-state index in [1.54, 1.807) is 0 Å². The summed E-state index contributed by atoms with van der Waals surface area (Å²) in [5.41, 5.74) is 10.7. The predicted octanol–water partition coefficient (Wildman–Crippen LogP) is 14.1. The van der Waals surface area contributed by atoms with Crippen LogP contribution in [0.1, 0.15) is 0 Å². The Morgan fingerprint density at radius 1 is 0.281 bits per heavy atom. The van der Waals surface area contributed by atoms with Gasteiger partial charge in [-0.2, -0.15) is 0 Å². The summed E-state index contributed by atoms with van der Waals surface area (Å²) >= 11 is 0. The number of fused-ring (bicyclic) bond motifs is 6. The number of rotatable bonds is 6. The molecule has 0 N–H and O–H groups in total. The van der Waals surface area contributed by atoms with Gasteiger partial charge in [0, 0.05) is 38.6 Å². The largest absolute Gasteiger partial charge is 0.455 e. The van der Waals surface area contributed by atoms with E-state index in [0.717, 1.165) is 72.0 Å². The SMILES string of the molecule is c1ccc(-c2cc(-c3ccccc3)c3oc4c(-c5ccc6ccc7ccccc7c6c5)ccc(-c5nc(-c6ccccc6)nc(-c6ccccc6)n5)c4c3c2)cc1. The minimum Gasteiger partial charge on any atom is -0.455 e. The minimum atomic E-state index is 0.581. The quantitative estimate of drug-likeness (QED) is 0.160. The molecule has 57 heavy (non-hydrogen) atoms. The Morgan fingerprint density at radius 3 is 1.46 bits per heavy atom. The van der Waals surface area contributed by atoms with Gasteiger partial charge in [-0.25, -0.2) is 15.0 Å². The van der Waals surface area contributed by atoms with Gasteiger partial charge in [0.2, 0.25) is 0 Å². The number of hydrogen-bond acceptors (Lipinski definition) is 4. The van der Waals surface area contributed by atoms with Crippen molar-refractivity contribution in [2.24, 2.45) is 0 Å². The maximum atomic E-state index is 7.23. The monoisotopic (exact) mass is 727 g/mol. The summed E-state index contributed by atoms with van der Waals surface area (Å²) < 4.78 is 7.23. The first-order chi connectivity index (χ1) is 28.2. The van der Waals surface area contributed by atoms with Gasteiger partial charge in [0.05, 0.1) is 0 Å². The van der Waals surface area contributed by atoms with Crippen LogP contribution in [0.2, 0.25) is 0 Å². The van der Waals surface area contributed by atoms with Crippen LogP contribution in [0, 0.1) is 0 Å². The van der Waals surface area contributed by atoms with Crippen molar-refractivity contribution in [3.05, 3.63) is 200 Å². The van der Waals surface area contributed by atoms with Crippen molar-refractivity contribution in [3.8, 4) is 67.5 Å². The predicted molar refractivity (Wildman–Crippen MR) is 235 cm³/mol. The summed E-state index contributed by atoms with van der Waals surface area (Å²) in [6.07, 6.45) is 0. The van der Waals surface area contributed by atoms with E-state index in [9.17, 15) is 0 Å². The van der Waals surface area contributed by atoms with Gasteiger partial charge in [0.15, 0.2) is 17.5 Å². The van der Waals surface area contributed by atoms with Gasteiger partial charge in [-0.15, -0.1) is 0 Å². The molecule has 0 aliphatic carbocycles. The van der Waals surface area contributed by atoms with Crippen molar-refractivity contribution in [3.63, 3.8) is 0 Å². The van der Waals surface area contributed by atoms with Crippen molar-refractivity contribution in [1.29, 1.82) is 0 Å². The summed E-state index contributed by atoms with van der Waals surface area (Å²) in [5, 5.41) is 6.79. The molecule has 0 unspecified atom stereocenters. The van der Waals surface area contributed by atoms with Crippen LogP contribution < -0.4 is 0 Å². The Balaban J connectivity index is 1.25. The molecule has 0 aliphatic rings. The topological polar surface area (TPSA) is 51.8 Å². The standard InChI is InChI=1S/C53H33N3O/c1-5-15-34(16-6-1)41-32-46(35-17-7-2-8-18-35)49-47(33-41)48-44(53-55-51(38-20-9-3-10-21-38)54-52(56-53)39-22-11-4-12-23-39)30-29-43(50(48)57-49)40-28-27-37-26-25-36-19-13-14-24-42(36)45(37)31-40/h1-33H. The first kappa shape index (κ1) is 32.7. The van der Waals surface area contributed by atoms with E-state index in [0.29, 0.717) is 17.5 Å². The molecule has 266 valence electrons. The van der Waals surface area contributed by atoms with Gasteiger partial charge in [0.1, 0.15) is 11.2 Å². The van der Waals surface area contributed by atoms with Gasteiger partial charge in [-0.3, -0.25) is 0 Å². The normalized spacial score (nSPS) is 11.5. The Morgan fingerprint density at radius 2 is 0.789 bits per heavy atom. The van der Waals surface area contributed by atoms with Crippen LogP contribution in [-0.2, 0) is 0 Å². The van der Waals surface area contributed by atoms with Gasteiger partial charge in [0.25, 0.3) is 0 Å². The van der Waals surface area contributed by atoms with Crippen LogP contribution >= 0.6 is 0 Å². The number of furan rings is 1. The number of nitrogens with zero attached hydrogens (tertiary/aromatic N) is 3. The van der Waals surface area contributed by atoms with Crippen LogP contribution in [0.15, 0.2) is 205 Å². The Kier molecular flexibility index (Phi) is 7.78. The summed E-state index contributed by atoms with van der Waals surface area (Å²) in [6, 6.07) is 69.9. The van der Waals surface area contributed by atoms with E-state index >= 15 is 0 Å². The van der Waals surface area contributed by atoms with E-state index in [-0.39, 0.29) is 0 Å². The molecule has 0 amide bonds. The Hall–Kier alpha value is -7.69. The van der Waals surface area contributed by atoms with Crippen LogP contribution in [0.4, 0.5) is 0 Å². The number of benzene rings is 9. The van der Waals surface area contributed by atoms with Crippen LogP contribution in [0.3, 0.4) is 0 Å². The van der Waals surface area contributed by atoms with Crippen LogP contribution in [0.25, 0.3) is 111 Å². The van der Waals surface area contributed by atoms with Crippen molar-refractivity contribution in [2.75, 3.05) is 0 Å². The van der Waals surface area contributed by atoms with Crippen molar-refractivity contribution in [1.82, 2.24) is 15.0 Å². The Labute approximate surface area is 329 Å². The zero-order valence-corrected chi connectivity index (χ0v) is 30.8. The van der Waals surface area contributed by atoms with Gasteiger partial charge in [-0.05, 0) is 74.1 Å². The molecule has 0 radical (unpaired) electrons. The molecule has 4 nitrogen and oxygen atoms in total. The zero-order chi connectivity index (χ0) is 37.7. The van der Waals surface area contributed by atoms with Gasteiger partial charge in [-0.1, -0.05) is 170 Å². The molecule has 0 atom stereocenters. The second-order valence-electron chi connectivity index (χ2n) is 14.4. The molecule has 0 spiro atoms. The average molecular weight is 728 g/mol. The van der Waals surface area contributed by atoms with E-state index < -0.39 is 0 Å². The summed E-state index contributed by atoms with van der Waals surface area (Å²) in [4.78, 5) is 15.4. The van der Waals surface area contributed by atoms with Gasteiger partial charge < -0.3 is 4.42 Å². The number of aromatic nitrogens is 3. The molecule has 0 saturated heterocycles. The van der Waals surface area contributed by atoms with Crippen LogP contribution in [-0.4, -0.2) is 15.0 Å². The van der Waals surface area contributed by atoms with E-state index in [2.05, 4.69) is 140 Å². The maximum Gasteiger partial charge on any atom is 0.164 e. The first-order valence-electron chi connectivity index (χ1n) is 19.2. The summed E-state index contributed by atoms with van der Waals surface area (Å²) in [7, 11) is 0. The second-order valence-corrected chi connectivity index (χ2v) is 14.4.